The summed E-state index contributed by atoms with van der Waals surface area (Å²) < 4.78 is 46.2. The van der Waals surface area contributed by atoms with Crippen LogP contribution in [0.25, 0.3) is 0 Å². The van der Waals surface area contributed by atoms with E-state index < -0.39 is 171 Å². The van der Waals surface area contributed by atoms with Crippen LogP contribution in [0.3, 0.4) is 0 Å². The first-order chi connectivity index (χ1) is 35.6. The third-order valence-electron chi connectivity index (χ3n) is 21.4. The van der Waals surface area contributed by atoms with Crippen molar-refractivity contribution in [3.63, 3.8) is 0 Å². The number of carbonyl (C=O) groups is 1. The molecule has 0 unspecified atom stereocenters. The quantitative estimate of drug-likeness (QED) is 0.0747. The van der Waals surface area contributed by atoms with Crippen LogP contribution in [-0.2, 0) is 42.7 Å². The Morgan fingerprint density at radius 2 is 1.30 bits per heavy atom. The molecule has 23 heteroatoms. The highest BCUT2D eigenvalue weighted by molar-refractivity contribution is 5.79. The van der Waals surface area contributed by atoms with Crippen LogP contribution in [0.15, 0.2) is 11.6 Å². The lowest BCUT2D eigenvalue weighted by Crippen LogP contribution is -2.68. The molecule has 4 saturated heterocycles. The first-order valence-electron chi connectivity index (χ1n) is 27.5. The van der Waals surface area contributed by atoms with Gasteiger partial charge in [-0.05, 0) is 104 Å². The second-order valence-corrected chi connectivity index (χ2v) is 25.3. The average Bonchev–Trinajstić information content (AvgIpc) is 3.57. The Bertz CT molecular complexity index is 2090. The molecule has 0 radical (unpaired) electrons. The number of carbonyl (C=O) groups excluding carboxylic acids is 1. The van der Waals surface area contributed by atoms with Crippen molar-refractivity contribution in [3.8, 4) is 0 Å². The van der Waals surface area contributed by atoms with E-state index in [2.05, 4.69) is 40.7 Å². The van der Waals surface area contributed by atoms with Gasteiger partial charge in [0.15, 0.2) is 18.9 Å². The Hall–Kier alpha value is -1.63. The summed E-state index contributed by atoms with van der Waals surface area (Å²) in [5.41, 5.74) is -1.77. The van der Waals surface area contributed by atoms with Crippen LogP contribution in [0.2, 0.25) is 0 Å². The minimum Gasteiger partial charge on any atom is -0.432 e. The van der Waals surface area contributed by atoms with Gasteiger partial charge in [-0.15, -0.1) is 0 Å². The Morgan fingerprint density at radius 3 is 1.99 bits per heavy atom. The highest BCUT2D eigenvalue weighted by Crippen LogP contribution is 2.76. The predicted molar refractivity (Wildman–Crippen MR) is 258 cm³/mol. The number of allylic oxidation sites excluding steroid dienone is 2. The first kappa shape index (κ1) is 59.0. The zero-order valence-electron chi connectivity index (χ0n) is 44.5. The number of aliphatic hydroxyl groups excluding tert-OH is 14. The van der Waals surface area contributed by atoms with Gasteiger partial charge in [0.2, 0.25) is 6.29 Å². The fourth-order valence-corrected chi connectivity index (χ4v) is 16.4. The second kappa shape index (κ2) is 21.6. The van der Waals surface area contributed by atoms with Crippen molar-refractivity contribution in [2.24, 2.45) is 56.7 Å². The first-order valence-corrected chi connectivity index (χ1v) is 27.5. The van der Waals surface area contributed by atoms with Gasteiger partial charge in [-0.2, -0.15) is 0 Å². The van der Waals surface area contributed by atoms with E-state index in [4.69, 9.17) is 37.9 Å². The molecule has 9 aliphatic rings. The molecule has 31 atom stereocenters. The predicted octanol–water partition coefficient (Wildman–Crippen LogP) is -2.57. The van der Waals surface area contributed by atoms with Crippen LogP contribution >= 0.6 is 0 Å². The second-order valence-electron chi connectivity index (χ2n) is 25.3. The minimum absolute atomic E-state index is 0.0282. The fourth-order valence-electron chi connectivity index (χ4n) is 16.4. The van der Waals surface area contributed by atoms with E-state index in [0.717, 1.165) is 19.3 Å². The molecule has 23 nitrogen and oxygen atoms in total. The van der Waals surface area contributed by atoms with Gasteiger partial charge in [0.1, 0.15) is 85.5 Å². The summed E-state index contributed by atoms with van der Waals surface area (Å²) in [6.07, 6.45) is -26.6. The van der Waals surface area contributed by atoms with Crippen LogP contribution < -0.4 is 0 Å². The lowest BCUT2D eigenvalue weighted by Gasteiger charge is -2.71. The number of fused-ring (bicyclic) bond motifs is 7. The summed E-state index contributed by atoms with van der Waals surface area (Å²) in [6.45, 7) is 12.3. The Morgan fingerprint density at radius 1 is 0.645 bits per heavy atom. The van der Waals surface area contributed by atoms with Crippen LogP contribution in [0.4, 0.5) is 0 Å². The largest absolute Gasteiger partial charge is 0.432 e. The van der Waals surface area contributed by atoms with Crippen molar-refractivity contribution in [1.82, 2.24) is 0 Å². The Balaban J connectivity index is 0.875. The van der Waals surface area contributed by atoms with Crippen LogP contribution in [0.5, 0.6) is 0 Å². The number of ether oxygens (including phenoxy) is 8. The smallest absolute Gasteiger partial charge is 0.315 e. The summed E-state index contributed by atoms with van der Waals surface area (Å²) in [6, 6.07) is 0. The summed E-state index contributed by atoms with van der Waals surface area (Å²) in [5, 5.41) is 153. The van der Waals surface area contributed by atoms with E-state index >= 15 is 4.79 Å². The van der Waals surface area contributed by atoms with Crippen LogP contribution in [0, 0.1) is 56.7 Å². The molecule has 8 fully saturated rings. The molecule has 4 heterocycles. The molecule has 4 aliphatic heterocycles. The van der Waals surface area contributed by atoms with Gasteiger partial charge in [0.05, 0.1) is 50.2 Å². The normalized spacial score (nSPS) is 56.5. The molecule has 0 amide bonds. The highest BCUT2D eigenvalue weighted by atomic mass is 16.8. The van der Waals surface area contributed by atoms with Crippen molar-refractivity contribution < 1.29 is 114 Å². The molecule has 0 aromatic carbocycles. The fraction of sp³-hybridized carbons (Fsp3) is 0.943. The van der Waals surface area contributed by atoms with E-state index in [1.54, 1.807) is 0 Å². The summed E-state index contributed by atoms with van der Waals surface area (Å²) in [7, 11) is 0. The third-order valence-corrected chi connectivity index (χ3v) is 21.4. The third kappa shape index (κ3) is 9.27. The number of hydrogen-bond acceptors (Lipinski definition) is 23. The van der Waals surface area contributed by atoms with E-state index in [1.807, 2.05) is 6.92 Å². The molecule has 14 N–H and O–H groups in total. The van der Waals surface area contributed by atoms with Gasteiger partial charge in [0.25, 0.3) is 0 Å². The molecule has 4 saturated carbocycles. The molecule has 0 aromatic heterocycles. The number of aliphatic hydroxyl groups is 14. The Labute approximate surface area is 442 Å². The Kier molecular flexibility index (Phi) is 16.8. The summed E-state index contributed by atoms with van der Waals surface area (Å²) >= 11 is 0. The molecule has 0 aromatic rings. The monoisotopic (exact) mass is 1090 g/mol. The molecule has 5 aliphatic carbocycles. The highest BCUT2D eigenvalue weighted by Gasteiger charge is 2.71. The van der Waals surface area contributed by atoms with Gasteiger partial charge < -0.3 is 109 Å². The molecule has 76 heavy (non-hydrogen) atoms. The molecule has 0 spiro atoms. The van der Waals surface area contributed by atoms with Gasteiger partial charge in [-0.3, -0.25) is 4.79 Å². The molecule has 436 valence electrons. The topological polar surface area (TPSA) is 374 Å². The zero-order valence-corrected chi connectivity index (χ0v) is 44.5. The zero-order chi connectivity index (χ0) is 55.5. The van der Waals surface area contributed by atoms with Crippen molar-refractivity contribution in [2.45, 2.75) is 229 Å². The molecular weight excluding hydrogens is 1000 g/mol. The average molecular weight is 1090 g/mol. The lowest BCUT2D eigenvalue weighted by molar-refractivity contribution is -0.375. The molecular formula is C53H86O23. The van der Waals surface area contributed by atoms with Crippen molar-refractivity contribution in [1.29, 1.82) is 0 Å². The van der Waals surface area contributed by atoms with E-state index in [-0.39, 0.29) is 47.0 Å². The van der Waals surface area contributed by atoms with Crippen molar-refractivity contribution in [3.05, 3.63) is 11.6 Å². The van der Waals surface area contributed by atoms with Crippen LogP contribution in [0.1, 0.15) is 99.8 Å². The van der Waals surface area contributed by atoms with E-state index in [0.29, 0.717) is 32.1 Å². The standard InChI is InChI=1S/C53H86O23/c1-21-10-13-53(15-14-51(6)24(31(53)22(21)2)8-9-30-49(4)16-25(56)43(67)50(5,20-55)29(49)11-12-52(30,51)7)48(68)76-46-38(64)35(61)34(60)28(73-46)19-70-44-39(65)36(62)41(27(17-54)72-44)74-47-40(66)42(32(58)23(3)71-47)75-45-37(63)33(59)26(57)18-69-45/h8,21-23,25-47,54-67H,9-20H2,1-7H3/t21-,22+,23+,25-,26-,27-,28-,29-,30-,31+,32+,33+,34-,35+,36-,37-,38-,39-,40-,41-,42-,43+,44-,45+,46+,47+,49+,50+,51-,52-,53+/m1/s1. The maximum absolute atomic E-state index is 15.1. The molecule has 0 bridgehead atoms. The number of esters is 1. The maximum atomic E-state index is 15.1. The minimum atomic E-state index is -1.94. The summed E-state index contributed by atoms with van der Waals surface area (Å²) in [5.74, 6) is -0.522. The maximum Gasteiger partial charge on any atom is 0.315 e. The van der Waals surface area contributed by atoms with Crippen molar-refractivity contribution >= 4 is 5.97 Å². The molecule has 9 rings (SSSR count). The van der Waals surface area contributed by atoms with E-state index in [1.165, 1.54) is 12.5 Å². The van der Waals surface area contributed by atoms with E-state index in [9.17, 15) is 71.5 Å². The van der Waals surface area contributed by atoms with Gasteiger partial charge in [-0.25, -0.2) is 0 Å². The lowest BCUT2D eigenvalue weighted by atomic mass is 9.33. The van der Waals surface area contributed by atoms with Crippen molar-refractivity contribution in [2.75, 3.05) is 26.4 Å². The number of hydrogen-bond donors (Lipinski definition) is 14. The summed E-state index contributed by atoms with van der Waals surface area (Å²) in [4.78, 5) is 15.1. The number of rotatable bonds is 11. The van der Waals surface area contributed by atoms with Crippen LogP contribution in [-0.4, -0.2) is 233 Å². The van der Waals surface area contributed by atoms with Gasteiger partial charge >= 0.3 is 5.97 Å². The van der Waals surface area contributed by atoms with Gasteiger partial charge in [-0.1, -0.05) is 53.2 Å². The SMILES string of the molecule is C[C@H]1[C@H](C)CC[C@]2(C(=O)O[C@@H]3O[C@H](CO[C@@H]4O[C@H](CO)[C@@H](O[C@@H]5O[C@@H](C)[C@H](O)[C@@H](O[C@@H]6OC[C@@H](O)[C@H](O)[C@H]6O)[C@H]5O)[C@H](O)[C@H]4O)[C@@H](O)[C@H](O)[C@H]3O)CC[C@]3(C)C(=CC[C@@H]4[C@@]5(C)C[C@@H](O)[C@H](O)[C@@](C)(CO)[C@@H]5CC[C@]43C)[C@H]12. The van der Waals surface area contributed by atoms with Gasteiger partial charge in [0, 0.05) is 5.41 Å².